The first-order chi connectivity index (χ1) is 13.4. The van der Waals surface area contributed by atoms with Gasteiger partial charge in [0.2, 0.25) is 0 Å². The molecular weight excluding hydrogens is 348 g/mol. The number of ether oxygens (including phenoxy) is 2. The molecule has 3 aromatic carbocycles. The van der Waals surface area contributed by atoms with Crippen LogP contribution in [0.2, 0.25) is 0 Å². The summed E-state index contributed by atoms with van der Waals surface area (Å²) < 4.78 is 11.5. The van der Waals surface area contributed by atoms with E-state index in [0.717, 1.165) is 45.1 Å². The zero-order valence-corrected chi connectivity index (χ0v) is 17.5. The Morgan fingerprint density at radius 1 is 0.536 bits per heavy atom. The number of benzene rings is 3. The van der Waals surface area contributed by atoms with E-state index >= 15 is 0 Å². The third-order valence-corrected chi connectivity index (χ3v) is 4.91. The molecule has 0 aliphatic rings. The molecule has 0 spiro atoms. The Bertz CT molecular complexity index is 851. The van der Waals surface area contributed by atoms with Crippen molar-refractivity contribution in [1.82, 2.24) is 0 Å². The average Bonchev–Trinajstić information content (AvgIpc) is 2.72. The molecule has 0 aliphatic heterocycles. The molecule has 3 aromatic rings. The molecule has 0 saturated heterocycles. The number of hydrogen-bond donors (Lipinski definition) is 0. The van der Waals surface area contributed by atoms with Gasteiger partial charge in [-0.3, -0.25) is 0 Å². The Labute approximate surface area is 167 Å². The van der Waals surface area contributed by atoms with Crippen molar-refractivity contribution in [2.24, 2.45) is 0 Å². The van der Waals surface area contributed by atoms with E-state index in [0.29, 0.717) is 0 Å². The summed E-state index contributed by atoms with van der Waals surface area (Å²) in [7, 11) is 11.6. The first-order valence-electron chi connectivity index (χ1n) is 9.26. The lowest BCUT2D eigenvalue weighted by molar-refractivity contribution is 0.406. The monoisotopic (exact) mass is 376 g/mol. The molecule has 0 N–H and O–H groups in total. The predicted molar refractivity (Wildman–Crippen MR) is 119 cm³/mol. The molecule has 28 heavy (non-hydrogen) atoms. The fraction of sp³-hybridized carbons (Fsp3) is 0.250. The third-order valence-electron chi connectivity index (χ3n) is 4.91. The van der Waals surface area contributed by atoms with Gasteiger partial charge in [0, 0.05) is 50.7 Å². The van der Waals surface area contributed by atoms with Crippen molar-refractivity contribution in [3.05, 3.63) is 60.7 Å². The van der Waals surface area contributed by atoms with E-state index in [1.54, 1.807) is 14.2 Å². The van der Waals surface area contributed by atoms with E-state index in [2.05, 4.69) is 70.5 Å². The molecule has 0 atom stereocenters. The summed E-state index contributed by atoms with van der Waals surface area (Å²) in [6, 6.07) is 21.0. The van der Waals surface area contributed by atoms with Crippen molar-refractivity contribution in [1.29, 1.82) is 0 Å². The molecule has 0 heterocycles. The van der Waals surface area contributed by atoms with Gasteiger partial charge >= 0.3 is 0 Å². The number of hydrogen-bond acceptors (Lipinski definition) is 4. The van der Waals surface area contributed by atoms with Crippen LogP contribution in [-0.2, 0) is 0 Å². The van der Waals surface area contributed by atoms with Gasteiger partial charge < -0.3 is 19.3 Å². The molecule has 0 saturated carbocycles. The van der Waals surface area contributed by atoms with Gasteiger partial charge in [-0.1, -0.05) is 24.3 Å². The van der Waals surface area contributed by atoms with Crippen LogP contribution in [-0.4, -0.2) is 42.4 Å². The van der Waals surface area contributed by atoms with E-state index in [1.165, 1.54) is 0 Å². The standard InChI is InChI=1S/C24H28N2O2/c1-25(2)19-11-7-17(8-12-19)21-15-24(28-6)22(16-23(21)27-5)18-9-13-20(14-10-18)26(3)4/h7-16H,1-6H3. The average molecular weight is 377 g/mol. The van der Waals surface area contributed by atoms with Crippen LogP contribution in [0.3, 0.4) is 0 Å². The maximum absolute atomic E-state index is 5.73. The topological polar surface area (TPSA) is 24.9 Å². The van der Waals surface area contributed by atoms with Gasteiger partial charge in [-0.25, -0.2) is 0 Å². The Morgan fingerprint density at radius 3 is 1.11 bits per heavy atom. The fourth-order valence-electron chi connectivity index (χ4n) is 3.23. The minimum atomic E-state index is 0.824. The number of anilines is 2. The van der Waals surface area contributed by atoms with Crippen molar-refractivity contribution in [3.63, 3.8) is 0 Å². The summed E-state index contributed by atoms with van der Waals surface area (Å²) in [5, 5.41) is 0. The number of methoxy groups -OCH3 is 2. The second-order valence-corrected chi connectivity index (χ2v) is 7.14. The molecule has 0 fully saturated rings. The Balaban J connectivity index is 2.07. The molecule has 146 valence electrons. The van der Waals surface area contributed by atoms with Crippen LogP contribution in [0.15, 0.2) is 60.7 Å². The van der Waals surface area contributed by atoms with Gasteiger partial charge in [-0.05, 0) is 47.5 Å². The number of nitrogens with zero attached hydrogens (tertiary/aromatic N) is 2. The second-order valence-electron chi connectivity index (χ2n) is 7.14. The van der Waals surface area contributed by atoms with Gasteiger partial charge in [0.05, 0.1) is 14.2 Å². The van der Waals surface area contributed by atoms with Crippen LogP contribution >= 0.6 is 0 Å². The molecule has 0 bridgehead atoms. The van der Waals surface area contributed by atoms with Crippen LogP contribution in [0.1, 0.15) is 0 Å². The third kappa shape index (κ3) is 3.91. The van der Waals surface area contributed by atoms with Gasteiger partial charge in [-0.2, -0.15) is 0 Å². The van der Waals surface area contributed by atoms with Gasteiger partial charge in [-0.15, -0.1) is 0 Å². The Morgan fingerprint density at radius 2 is 0.857 bits per heavy atom. The van der Waals surface area contributed by atoms with Crippen molar-refractivity contribution in [3.8, 4) is 33.8 Å². The summed E-state index contributed by atoms with van der Waals surface area (Å²) in [5.41, 5.74) is 6.53. The number of rotatable bonds is 6. The first-order valence-corrected chi connectivity index (χ1v) is 9.26. The lowest BCUT2D eigenvalue weighted by Crippen LogP contribution is -2.08. The lowest BCUT2D eigenvalue weighted by atomic mass is 9.97. The molecule has 0 aromatic heterocycles. The Kier molecular flexibility index (Phi) is 5.78. The zero-order chi connectivity index (χ0) is 20.3. The molecule has 3 rings (SSSR count). The zero-order valence-electron chi connectivity index (χ0n) is 17.5. The largest absolute Gasteiger partial charge is 0.496 e. The molecule has 0 amide bonds. The van der Waals surface area contributed by atoms with E-state index < -0.39 is 0 Å². The van der Waals surface area contributed by atoms with Crippen LogP contribution < -0.4 is 19.3 Å². The molecular formula is C24H28N2O2. The summed E-state index contributed by atoms with van der Waals surface area (Å²) in [4.78, 5) is 4.17. The highest BCUT2D eigenvalue weighted by Crippen LogP contribution is 2.41. The SMILES string of the molecule is COc1cc(-c2ccc(N(C)C)cc2)c(OC)cc1-c1ccc(N(C)C)cc1. The highest BCUT2D eigenvalue weighted by atomic mass is 16.5. The summed E-state index contributed by atoms with van der Waals surface area (Å²) in [6.07, 6.45) is 0. The van der Waals surface area contributed by atoms with E-state index in [1.807, 2.05) is 28.2 Å². The maximum atomic E-state index is 5.73. The quantitative estimate of drug-likeness (QED) is 0.592. The predicted octanol–water partition coefficient (Wildman–Crippen LogP) is 5.17. The summed E-state index contributed by atoms with van der Waals surface area (Å²) in [6.45, 7) is 0. The van der Waals surface area contributed by atoms with Crippen LogP contribution in [0.4, 0.5) is 11.4 Å². The summed E-state index contributed by atoms with van der Waals surface area (Å²) >= 11 is 0. The van der Waals surface area contributed by atoms with Crippen molar-refractivity contribution < 1.29 is 9.47 Å². The Hall–Kier alpha value is -3.14. The van der Waals surface area contributed by atoms with Crippen molar-refractivity contribution >= 4 is 11.4 Å². The smallest absolute Gasteiger partial charge is 0.127 e. The normalized spacial score (nSPS) is 10.5. The molecule has 4 heteroatoms. The first kappa shape index (κ1) is 19.6. The minimum absolute atomic E-state index is 0.824. The second kappa shape index (κ2) is 8.26. The summed E-state index contributed by atoms with van der Waals surface area (Å²) in [5.74, 6) is 1.65. The highest BCUT2D eigenvalue weighted by molar-refractivity contribution is 5.82. The van der Waals surface area contributed by atoms with E-state index in [-0.39, 0.29) is 0 Å². The molecule has 0 aliphatic carbocycles. The highest BCUT2D eigenvalue weighted by Gasteiger charge is 2.15. The van der Waals surface area contributed by atoms with Crippen molar-refractivity contribution in [2.75, 3.05) is 52.2 Å². The van der Waals surface area contributed by atoms with Crippen molar-refractivity contribution in [2.45, 2.75) is 0 Å². The minimum Gasteiger partial charge on any atom is -0.496 e. The molecule has 4 nitrogen and oxygen atoms in total. The molecule has 0 radical (unpaired) electrons. The van der Waals surface area contributed by atoms with Crippen LogP contribution in [0, 0.1) is 0 Å². The van der Waals surface area contributed by atoms with Gasteiger partial charge in [0.15, 0.2) is 0 Å². The van der Waals surface area contributed by atoms with Gasteiger partial charge in [0.1, 0.15) is 11.5 Å². The fourth-order valence-corrected chi connectivity index (χ4v) is 3.23. The van der Waals surface area contributed by atoms with Gasteiger partial charge in [0.25, 0.3) is 0 Å². The maximum Gasteiger partial charge on any atom is 0.127 e. The van der Waals surface area contributed by atoms with Crippen LogP contribution in [0.5, 0.6) is 11.5 Å². The van der Waals surface area contributed by atoms with E-state index in [4.69, 9.17) is 9.47 Å². The van der Waals surface area contributed by atoms with Crippen LogP contribution in [0.25, 0.3) is 22.3 Å². The lowest BCUT2D eigenvalue weighted by Gasteiger charge is -2.18. The molecule has 0 unspecified atom stereocenters. The van der Waals surface area contributed by atoms with E-state index in [9.17, 15) is 0 Å².